The third-order valence-corrected chi connectivity index (χ3v) is 3.01. The Hall–Kier alpha value is -1.52. The Labute approximate surface area is 121 Å². The monoisotopic (exact) mass is 282 g/mol. The molecule has 0 aromatic heterocycles. The lowest BCUT2D eigenvalue weighted by Crippen LogP contribution is -2.44. The minimum atomic E-state index is -0.501. The number of carbonyl (C=O) groups excluding carboxylic acids is 2. The maximum absolute atomic E-state index is 12.1. The maximum atomic E-state index is 12.1. The number of piperidine rings is 1. The van der Waals surface area contributed by atoms with Crippen molar-refractivity contribution in [1.29, 1.82) is 0 Å². The van der Waals surface area contributed by atoms with Gasteiger partial charge in [0.15, 0.2) is 5.78 Å². The van der Waals surface area contributed by atoms with Gasteiger partial charge >= 0.3 is 6.09 Å². The van der Waals surface area contributed by atoms with Gasteiger partial charge in [0, 0.05) is 39.3 Å². The molecule has 20 heavy (non-hydrogen) atoms. The predicted octanol–water partition coefficient (Wildman–Crippen LogP) is 2.28. The van der Waals surface area contributed by atoms with Crippen molar-refractivity contribution in [2.45, 2.75) is 39.2 Å². The Balaban J connectivity index is 2.58. The Morgan fingerprint density at radius 1 is 1.30 bits per heavy atom. The van der Waals surface area contributed by atoms with Crippen molar-refractivity contribution in [2.24, 2.45) is 5.92 Å². The largest absolute Gasteiger partial charge is 0.444 e. The zero-order valence-corrected chi connectivity index (χ0v) is 13.2. The number of likely N-dealkylation sites (tertiary alicyclic amines) is 1. The molecule has 1 unspecified atom stereocenters. The quantitative estimate of drug-likeness (QED) is 0.745. The van der Waals surface area contributed by atoms with Gasteiger partial charge in [-0.25, -0.2) is 4.79 Å². The molecule has 1 aliphatic rings. The summed E-state index contributed by atoms with van der Waals surface area (Å²) in [4.78, 5) is 27.5. The summed E-state index contributed by atoms with van der Waals surface area (Å²) < 4.78 is 5.35. The van der Waals surface area contributed by atoms with Crippen molar-refractivity contribution in [3.8, 4) is 0 Å². The van der Waals surface area contributed by atoms with E-state index in [1.807, 2.05) is 39.8 Å². The fourth-order valence-electron chi connectivity index (χ4n) is 2.06. The van der Waals surface area contributed by atoms with E-state index in [2.05, 4.69) is 0 Å². The van der Waals surface area contributed by atoms with Gasteiger partial charge in [0.1, 0.15) is 5.60 Å². The summed E-state index contributed by atoms with van der Waals surface area (Å²) in [7, 11) is 3.75. The first-order valence-electron chi connectivity index (χ1n) is 7.05. The van der Waals surface area contributed by atoms with Crippen molar-refractivity contribution in [2.75, 3.05) is 27.2 Å². The molecule has 0 aliphatic carbocycles. The molecular weight excluding hydrogens is 256 g/mol. The summed E-state index contributed by atoms with van der Waals surface area (Å²) in [6.45, 7) is 6.65. The summed E-state index contributed by atoms with van der Waals surface area (Å²) in [5, 5.41) is 0. The van der Waals surface area contributed by atoms with Crippen molar-refractivity contribution in [3.63, 3.8) is 0 Å². The lowest BCUT2D eigenvalue weighted by atomic mass is 9.94. The Morgan fingerprint density at radius 3 is 2.50 bits per heavy atom. The minimum absolute atomic E-state index is 0.0759. The zero-order valence-electron chi connectivity index (χ0n) is 13.2. The van der Waals surface area contributed by atoms with Gasteiger partial charge in [-0.15, -0.1) is 0 Å². The fourth-order valence-corrected chi connectivity index (χ4v) is 2.06. The van der Waals surface area contributed by atoms with Gasteiger partial charge < -0.3 is 14.5 Å². The van der Waals surface area contributed by atoms with Crippen molar-refractivity contribution in [1.82, 2.24) is 9.80 Å². The molecule has 0 aromatic rings. The first-order valence-corrected chi connectivity index (χ1v) is 7.05. The van der Waals surface area contributed by atoms with Crippen molar-refractivity contribution >= 4 is 11.9 Å². The summed E-state index contributed by atoms with van der Waals surface area (Å²) in [5.74, 6) is -0.0422. The second-order valence-electron chi connectivity index (χ2n) is 6.45. The Bertz CT molecular complexity index is 383. The van der Waals surface area contributed by atoms with Crippen LogP contribution in [0.1, 0.15) is 33.6 Å². The standard InChI is InChI=1S/C15H26N2O3/c1-15(2,3)20-14(19)17-9-6-7-12(11-17)13(18)8-10-16(4)5/h8,10,12H,6-7,9,11H2,1-5H3/b10-8+. The van der Waals surface area contributed by atoms with Crippen LogP contribution in [0.3, 0.4) is 0 Å². The molecule has 0 saturated carbocycles. The highest BCUT2D eigenvalue weighted by Crippen LogP contribution is 2.20. The normalized spacial score (nSPS) is 20.1. The van der Waals surface area contributed by atoms with E-state index in [0.29, 0.717) is 13.1 Å². The van der Waals surface area contributed by atoms with Gasteiger partial charge in [0.05, 0.1) is 0 Å². The second-order valence-corrected chi connectivity index (χ2v) is 6.45. The maximum Gasteiger partial charge on any atom is 0.410 e. The summed E-state index contributed by atoms with van der Waals surface area (Å²) in [5.41, 5.74) is -0.501. The number of hydrogen-bond acceptors (Lipinski definition) is 4. The van der Waals surface area contributed by atoms with E-state index < -0.39 is 5.60 Å². The smallest absolute Gasteiger partial charge is 0.410 e. The van der Waals surface area contributed by atoms with Crippen LogP contribution in [0.5, 0.6) is 0 Å². The zero-order chi connectivity index (χ0) is 15.3. The molecule has 114 valence electrons. The molecule has 1 fully saturated rings. The molecule has 0 radical (unpaired) electrons. The van der Waals surface area contributed by atoms with E-state index in [4.69, 9.17) is 4.74 Å². The number of rotatable bonds is 3. The van der Waals surface area contributed by atoms with Crippen LogP contribution in [0, 0.1) is 5.92 Å². The van der Waals surface area contributed by atoms with Crippen LogP contribution < -0.4 is 0 Å². The molecule has 1 heterocycles. The number of allylic oxidation sites excluding steroid dienone is 1. The minimum Gasteiger partial charge on any atom is -0.444 e. The topological polar surface area (TPSA) is 49.9 Å². The van der Waals surface area contributed by atoms with E-state index in [1.54, 1.807) is 17.2 Å². The Kier molecular flexibility index (Phi) is 5.60. The molecule has 0 spiro atoms. The van der Waals surface area contributed by atoms with Crippen molar-refractivity contribution in [3.05, 3.63) is 12.3 Å². The molecule has 1 aliphatic heterocycles. The SMILES string of the molecule is CN(C)/C=C/C(=O)C1CCCN(C(=O)OC(C)(C)C)C1. The number of ketones is 1. The highest BCUT2D eigenvalue weighted by atomic mass is 16.6. The number of hydrogen-bond donors (Lipinski definition) is 0. The highest BCUT2D eigenvalue weighted by Gasteiger charge is 2.29. The molecular formula is C15H26N2O3. The van der Waals surface area contributed by atoms with Crippen LogP contribution >= 0.6 is 0 Å². The average molecular weight is 282 g/mol. The summed E-state index contributed by atoms with van der Waals surface area (Å²) in [6, 6.07) is 0. The van der Waals surface area contributed by atoms with E-state index in [1.165, 1.54) is 0 Å². The molecule has 1 saturated heterocycles. The molecule has 0 aromatic carbocycles. The fraction of sp³-hybridized carbons (Fsp3) is 0.733. The number of ether oxygens (including phenoxy) is 1. The van der Waals surface area contributed by atoms with Crippen LogP contribution in [0.25, 0.3) is 0 Å². The first kappa shape index (κ1) is 16.5. The molecule has 1 amide bonds. The lowest BCUT2D eigenvalue weighted by molar-refractivity contribution is -0.119. The van der Waals surface area contributed by atoms with Crippen LogP contribution in [0.2, 0.25) is 0 Å². The van der Waals surface area contributed by atoms with E-state index >= 15 is 0 Å². The third kappa shape index (κ3) is 5.63. The van der Waals surface area contributed by atoms with Crippen LogP contribution in [0.4, 0.5) is 4.79 Å². The van der Waals surface area contributed by atoms with Gasteiger partial charge in [-0.05, 0) is 39.7 Å². The van der Waals surface area contributed by atoms with Gasteiger partial charge in [-0.3, -0.25) is 4.79 Å². The highest BCUT2D eigenvalue weighted by molar-refractivity contribution is 5.92. The van der Waals surface area contributed by atoms with E-state index in [-0.39, 0.29) is 17.8 Å². The number of nitrogens with zero attached hydrogens (tertiary/aromatic N) is 2. The van der Waals surface area contributed by atoms with Gasteiger partial charge in [0.2, 0.25) is 0 Å². The molecule has 1 atom stereocenters. The van der Waals surface area contributed by atoms with Crippen molar-refractivity contribution < 1.29 is 14.3 Å². The van der Waals surface area contributed by atoms with Gasteiger partial charge in [-0.1, -0.05) is 0 Å². The third-order valence-electron chi connectivity index (χ3n) is 3.01. The molecule has 0 bridgehead atoms. The van der Waals surface area contributed by atoms with Crippen LogP contribution in [-0.2, 0) is 9.53 Å². The van der Waals surface area contributed by atoms with E-state index in [0.717, 1.165) is 12.8 Å². The predicted molar refractivity (Wildman–Crippen MR) is 78.4 cm³/mol. The van der Waals surface area contributed by atoms with Crippen LogP contribution in [-0.4, -0.2) is 54.5 Å². The molecule has 0 N–H and O–H groups in total. The Morgan fingerprint density at radius 2 is 1.95 bits per heavy atom. The van der Waals surface area contributed by atoms with Gasteiger partial charge in [0.25, 0.3) is 0 Å². The number of carbonyl (C=O) groups is 2. The van der Waals surface area contributed by atoms with E-state index in [9.17, 15) is 9.59 Å². The lowest BCUT2D eigenvalue weighted by Gasteiger charge is -2.33. The molecule has 5 heteroatoms. The average Bonchev–Trinajstić information content (AvgIpc) is 2.34. The first-order chi connectivity index (χ1) is 9.19. The summed E-state index contributed by atoms with van der Waals surface area (Å²) in [6.07, 6.45) is 4.67. The molecule has 5 nitrogen and oxygen atoms in total. The summed E-state index contributed by atoms with van der Waals surface area (Å²) >= 11 is 0. The van der Waals surface area contributed by atoms with Gasteiger partial charge in [-0.2, -0.15) is 0 Å². The number of amides is 1. The molecule has 1 rings (SSSR count). The second kappa shape index (κ2) is 6.77. The van der Waals surface area contributed by atoms with Crippen LogP contribution in [0.15, 0.2) is 12.3 Å².